The highest BCUT2D eigenvalue weighted by atomic mass is 32.2. The zero-order chi connectivity index (χ0) is 25.0. The van der Waals surface area contributed by atoms with Gasteiger partial charge in [0.25, 0.3) is 0 Å². The Hall–Kier alpha value is -3.86. The van der Waals surface area contributed by atoms with Crippen LogP contribution in [0.15, 0.2) is 78.0 Å². The van der Waals surface area contributed by atoms with E-state index < -0.39 is 23.5 Å². The molecule has 1 aromatic heterocycles. The number of rotatable bonds is 7. The molecule has 1 amide bonds. The van der Waals surface area contributed by atoms with Crippen LogP contribution < -0.4 is 10.1 Å². The van der Waals surface area contributed by atoms with Gasteiger partial charge >= 0.3 is 6.18 Å². The number of methoxy groups -OCH3 is 1. The number of benzene rings is 3. The van der Waals surface area contributed by atoms with Crippen LogP contribution in [-0.4, -0.2) is 33.5 Å². The Labute approximate surface area is 201 Å². The largest absolute Gasteiger partial charge is 0.497 e. The fraction of sp³-hybridized carbons (Fsp3) is 0.125. The SMILES string of the molecule is COc1ccc(-n2c(SCC(=O)Nc3cccc(C(F)(F)F)c3)nnc2-c2ccccc2F)cc1. The summed E-state index contributed by atoms with van der Waals surface area (Å²) in [7, 11) is 1.53. The van der Waals surface area contributed by atoms with Crippen molar-refractivity contribution in [2.45, 2.75) is 11.3 Å². The summed E-state index contributed by atoms with van der Waals surface area (Å²) in [4.78, 5) is 12.5. The van der Waals surface area contributed by atoms with Gasteiger partial charge in [-0.3, -0.25) is 9.36 Å². The molecule has 4 aromatic rings. The van der Waals surface area contributed by atoms with Crippen molar-refractivity contribution in [1.82, 2.24) is 14.8 Å². The zero-order valence-corrected chi connectivity index (χ0v) is 19.0. The van der Waals surface area contributed by atoms with Crippen LogP contribution in [0.3, 0.4) is 0 Å². The van der Waals surface area contributed by atoms with Crippen molar-refractivity contribution in [1.29, 1.82) is 0 Å². The number of anilines is 1. The van der Waals surface area contributed by atoms with Crippen LogP contribution in [0.5, 0.6) is 5.75 Å². The second-order valence-electron chi connectivity index (χ2n) is 7.23. The predicted octanol–water partition coefficient (Wildman–Crippen LogP) is 5.83. The van der Waals surface area contributed by atoms with Gasteiger partial charge in [0.2, 0.25) is 5.91 Å². The van der Waals surface area contributed by atoms with Crippen LogP contribution >= 0.6 is 11.8 Å². The Morgan fingerprint density at radius 2 is 1.77 bits per heavy atom. The smallest absolute Gasteiger partial charge is 0.416 e. The molecule has 180 valence electrons. The fourth-order valence-corrected chi connectivity index (χ4v) is 4.00. The third-order valence-corrected chi connectivity index (χ3v) is 5.81. The number of carbonyl (C=O) groups is 1. The number of hydrogen-bond donors (Lipinski definition) is 1. The lowest BCUT2D eigenvalue weighted by molar-refractivity contribution is -0.137. The van der Waals surface area contributed by atoms with E-state index in [9.17, 15) is 22.4 Å². The van der Waals surface area contributed by atoms with E-state index in [0.717, 1.165) is 23.9 Å². The standard InChI is InChI=1S/C24H18F4N4O2S/c1-34-18-11-9-17(10-12-18)32-22(19-7-2-3-8-20(19)25)30-31-23(32)35-14-21(33)29-16-6-4-5-15(13-16)24(26,27)28/h2-13H,14H2,1H3,(H,29,33). The normalized spacial score (nSPS) is 11.3. The summed E-state index contributed by atoms with van der Waals surface area (Å²) in [5.41, 5.74) is -0.0169. The number of ether oxygens (including phenoxy) is 1. The van der Waals surface area contributed by atoms with Crippen molar-refractivity contribution >= 4 is 23.4 Å². The van der Waals surface area contributed by atoms with Crippen LogP contribution in [0.4, 0.5) is 23.2 Å². The van der Waals surface area contributed by atoms with Gasteiger partial charge in [-0.2, -0.15) is 13.2 Å². The molecule has 1 heterocycles. The lowest BCUT2D eigenvalue weighted by Crippen LogP contribution is -2.15. The molecule has 0 fully saturated rings. The zero-order valence-electron chi connectivity index (χ0n) is 18.2. The van der Waals surface area contributed by atoms with Gasteiger partial charge in [0.05, 0.1) is 29.7 Å². The van der Waals surface area contributed by atoms with E-state index in [-0.39, 0.29) is 22.8 Å². The molecule has 35 heavy (non-hydrogen) atoms. The Kier molecular flexibility index (Phi) is 7.06. The van der Waals surface area contributed by atoms with Crippen molar-refractivity contribution in [2.75, 3.05) is 18.2 Å². The molecule has 3 aromatic carbocycles. The van der Waals surface area contributed by atoms with Crippen LogP contribution in [0.1, 0.15) is 5.56 Å². The summed E-state index contributed by atoms with van der Waals surface area (Å²) in [5.74, 6) is -0.348. The summed E-state index contributed by atoms with van der Waals surface area (Å²) in [5, 5.41) is 11.0. The number of halogens is 4. The van der Waals surface area contributed by atoms with Crippen LogP contribution in [0, 0.1) is 5.82 Å². The second kappa shape index (κ2) is 10.2. The first-order chi connectivity index (χ1) is 16.8. The highest BCUT2D eigenvalue weighted by Crippen LogP contribution is 2.32. The van der Waals surface area contributed by atoms with E-state index in [4.69, 9.17) is 4.74 Å². The van der Waals surface area contributed by atoms with Gasteiger partial charge in [-0.25, -0.2) is 4.39 Å². The number of amides is 1. The number of carbonyl (C=O) groups excluding carboxylic acids is 1. The monoisotopic (exact) mass is 502 g/mol. The minimum atomic E-state index is -4.52. The minimum Gasteiger partial charge on any atom is -0.497 e. The molecular weight excluding hydrogens is 484 g/mol. The number of aromatic nitrogens is 3. The third kappa shape index (κ3) is 5.62. The maximum absolute atomic E-state index is 14.5. The number of hydrogen-bond acceptors (Lipinski definition) is 5. The number of nitrogens with one attached hydrogen (secondary N) is 1. The fourth-order valence-electron chi connectivity index (χ4n) is 3.24. The number of thioether (sulfide) groups is 1. The van der Waals surface area contributed by atoms with Crippen molar-refractivity contribution in [3.05, 3.63) is 84.2 Å². The molecule has 1 N–H and O–H groups in total. The molecule has 0 atom stereocenters. The predicted molar refractivity (Wildman–Crippen MR) is 124 cm³/mol. The molecule has 0 bridgehead atoms. The van der Waals surface area contributed by atoms with Crippen molar-refractivity contribution in [2.24, 2.45) is 0 Å². The second-order valence-corrected chi connectivity index (χ2v) is 8.18. The first-order valence-electron chi connectivity index (χ1n) is 10.2. The van der Waals surface area contributed by atoms with Gasteiger partial charge in [0.1, 0.15) is 11.6 Å². The van der Waals surface area contributed by atoms with E-state index in [1.807, 2.05) is 0 Å². The summed E-state index contributed by atoms with van der Waals surface area (Å²) in [6, 6.07) is 17.4. The molecule has 4 rings (SSSR count). The first-order valence-corrected chi connectivity index (χ1v) is 11.2. The molecule has 0 aliphatic rings. The van der Waals surface area contributed by atoms with Gasteiger partial charge < -0.3 is 10.1 Å². The topological polar surface area (TPSA) is 69.0 Å². The Bertz CT molecular complexity index is 1340. The lowest BCUT2D eigenvalue weighted by Gasteiger charge is -2.12. The number of alkyl halides is 3. The van der Waals surface area contributed by atoms with E-state index in [0.29, 0.717) is 16.6 Å². The quantitative estimate of drug-likeness (QED) is 0.254. The van der Waals surface area contributed by atoms with E-state index in [1.165, 1.54) is 25.3 Å². The van der Waals surface area contributed by atoms with Crippen molar-refractivity contribution in [3.8, 4) is 22.8 Å². The maximum Gasteiger partial charge on any atom is 0.416 e. The molecule has 0 saturated carbocycles. The molecule has 6 nitrogen and oxygen atoms in total. The van der Waals surface area contributed by atoms with Crippen molar-refractivity contribution < 1.29 is 27.1 Å². The maximum atomic E-state index is 14.5. The summed E-state index contributed by atoms with van der Waals surface area (Å²) >= 11 is 1.01. The first kappa shape index (κ1) is 24.3. The summed E-state index contributed by atoms with van der Waals surface area (Å²) < 4.78 is 60.1. The Balaban J connectivity index is 1.59. The lowest BCUT2D eigenvalue weighted by atomic mass is 10.2. The third-order valence-electron chi connectivity index (χ3n) is 4.88. The van der Waals surface area contributed by atoms with Gasteiger partial charge in [-0.05, 0) is 54.6 Å². The average molecular weight is 502 g/mol. The highest BCUT2D eigenvalue weighted by Gasteiger charge is 2.30. The molecule has 0 aliphatic carbocycles. The molecule has 0 unspecified atom stereocenters. The molecule has 0 radical (unpaired) electrons. The Morgan fingerprint density at radius 1 is 1.03 bits per heavy atom. The molecule has 11 heteroatoms. The average Bonchev–Trinajstić information content (AvgIpc) is 3.26. The summed E-state index contributed by atoms with van der Waals surface area (Å²) in [6.07, 6.45) is -4.52. The van der Waals surface area contributed by atoms with Gasteiger partial charge in [-0.15, -0.1) is 10.2 Å². The minimum absolute atomic E-state index is 0.0223. The number of nitrogens with zero attached hydrogens (tertiary/aromatic N) is 3. The van der Waals surface area contributed by atoms with Crippen LogP contribution in [0.25, 0.3) is 17.1 Å². The van der Waals surface area contributed by atoms with Gasteiger partial charge in [0, 0.05) is 5.69 Å². The highest BCUT2D eigenvalue weighted by molar-refractivity contribution is 7.99. The van der Waals surface area contributed by atoms with E-state index in [2.05, 4.69) is 15.5 Å². The summed E-state index contributed by atoms with van der Waals surface area (Å²) in [6.45, 7) is 0. The van der Waals surface area contributed by atoms with Gasteiger partial charge in [-0.1, -0.05) is 30.0 Å². The Morgan fingerprint density at radius 3 is 2.46 bits per heavy atom. The van der Waals surface area contributed by atoms with Crippen LogP contribution in [0.2, 0.25) is 0 Å². The van der Waals surface area contributed by atoms with Crippen molar-refractivity contribution in [3.63, 3.8) is 0 Å². The molecule has 0 saturated heterocycles. The molecular formula is C24H18F4N4O2S. The van der Waals surface area contributed by atoms with Crippen LogP contribution in [-0.2, 0) is 11.0 Å². The van der Waals surface area contributed by atoms with Gasteiger partial charge in [0.15, 0.2) is 11.0 Å². The molecule has 0 spiro atoms. The van der Waals surface area contributed by atoms with E-state index in [1.54, 1.807) is 47.0 Å². The van der Waals surface area contributed by atoms with E-state index >= 15 is 0 Å². The molecule has 0 aliphatic heterocycles.